The second-order valence-electron chi connectivity index (χ2n) is 3.51. The van der Waals surface area contributed by atoms with E-state index in [9.17, 15) is 0 Å². The number of hydrogen-bond acceptors (Lipinski definition) is 0. The molecule has 1 heteroatoms. The lowest BCUT2D eigenvalue weighted by Crippen LogP contribution is -2.03. The Morgan fingerprint density at radius 2 is 1.88 bits per heavy atom. The van der Waals surface area contributed by atoms with Crippen LogP contribution in [-0.4, -0.2) is 7.85 Å². The van der Waals surface area contributed by atoms with Crippen molar-refractivity contribution in [2.24, 2.45) is 5.92 Å². The smallest absolute Gasteiger partial charge is 0.0658 e. The largest absolute Gasteiger partial charge is 0.0746 e. The van der Waals surface area contributed by atoms with Crippen LogP contribution in [0, 0.1) is 5.92 Å². The number of fused-ring (bicyclic) bond motifs is 2. The Morgan fingerprint density at radius 1 is 1.25 bits per heavy atom. The molecule has 0 heterocycles. The lowest BCUT2D eigenvalue weighted by atomic mass is 9.67. The van der Waals surface area contributed by atoms with Crippen molar-refractivity contribution in [1.82, 2.24) is 0 Å². The van der Waals surface area contributed by atoms with Gasteiger partial charge >= 0.3 is 0 Å². The third kappa shape index (κ3) is 0.534. The molecule has 42 valence electrons. The molecule has 2 aliphatic carbocycles. The molecular formula is C7H11B. The maximum Gasteiger partial charge on any atom is 0.0746 e. The first kappa shape index (κ1) is 4.90. The van der Waals surface area contributed by atoms with Crippen LogP contribution in [0.25, 0.3) is 0 Å². The Hall–Kier alpha value is 0.0649. The molecule has 2 aliphatic rings. The highest BCUT2D eigenvalue weighted by atomic mass is 14.4. The zero-order chi connectivity index (χ0) is 5.61. The predicted molar refractivity (Wildman–Crippen MR) is 35.0 cm³/mol. The molecule has 8 heavy (non-hydrogen) atoms. The highest BCUT2D eigenvalue weighted by Gasteiger charge is 2.40. The molecule has 0 N–H and O–H groups in total. The van der Waals surface area contributed by atoms with Crippen molar-refractivity contribution < 1.29 is 0 Å². The Bertz CT molecular complexity index is 101. The van der Waals surface area contributed by atoms with E-state index in [0.29, 0.717) is 5.31 Å². The van der Waals surface area contributed by atoms with Crippen LogP contribution in [-0.2, 0) is 0 Å². The van der Waals surface area contributed by atoms with Crippen LogP contribution in [0.3, 0.4) is 0 Å². The van der Waals surface area contributed by atoms with E-state index in [-0.39, 0.29) is 0 Å². The Balaban J connectivity index is 2.19. The maximum atomic E-state index is 6.00. The predicted octanol–water partition coefficient (Wildman–Crippen LogP) is 1.91. The molecular weight excluding hydrogens is 94.9 g/mol. The van der Waals surface area contributed by atoms with E-state index >= 15 is 0 Å². The van der Waals surface area contributed by atoms with Crippen molar-refractivity contribution in [2.45, 2.75) is 37.4 Å². The minimum Gasteiger partial charge on any atom is -0.0658 e. The molecule has 0 aromatic heterocycles. The summed E-state index contributed by atoms with van der Waals surface area (Å²) < 4.78 is 0. The van der Waals surface area contributed by atoms with E-state index < -0.39 is 0 Å². The summed E-state index contributed by atoms with van der Waals surface area (Å²) in [7, 11) is 6.00. The van der Waals surface area contributed by atoms with E-state index in [1.54, 1.807) is 0 Å². The Labute approximate surface area is 52.1 Å². The monoisotopic (exact) mass is 106 g/mol. The number of hydrogen-bond donors (Lipinski definition) is 0. The molecule has 2 rings (SSSR count). The standard InChI is InChI=1S/C7H11B/c8-7-3-1-6(5-7)2-4-7/h6H,1-5H2. The van der Waals surface area contributed by atoms with Gasteiger partial charge in [-0.25, -0.2) is 0 Å². The molecule has 2 fully saturated rings. The molecule has 0 spiro atoms. The fourth-order valence-corrected chi connectivity index (χ4v) is 2.24. The minimum atomic E-state index is 0.310. The third-order valence-electron chi connectivity index (χ3n) is 2.80. The van der Waals surface area contributed by atoms with Gasteiger partial charge in [-0.15, -0.1) is 0 Å². The normalized spacial score (nSPS) is 52.8. The topological polar surface area (TPSA) is 0 Å². The fraction of sp³-hybridized carbons (Fsp3) is 1.00. The SMILES string of the molecule is [B]C12CCC(CC1)C2. The number of rotatable bonds is 0. The molecule has 0 saturated heterocycles. The average Bonchev–Trinajstić information content (AvgIpc) is 2.21. The maximum absolute atomic E-state index is 6.00. The lowest BCUT2D eigenvalue weighted by Gasteiger charge is -2.19. The van der Waals surface area contributed by atoms with E-state index in [1.165, 1.54) is 32.1 Å². The molecule has 2 saturated carbocycles. The summed E-state index contributed by atoms with van der Waals surface area (Å²) >= 11 is 0. The molecule has 0 aromatic carbocycles. The van der Waals surface area contributed by atoms with Gasteiger partial charge in [0.05, 0.1) is 7.85 Å². The Kier molecular flexibility index (Phi) is 0.804. The molecule has 0 nitrogen and oxygen atoms in total. The average molecular weight is 106 g/mol. The summed E-state index contributed by atoms with van der Waals surface area (Å²) in [5.74, 6) is 1.01. The van der Waals surface area contributed by atoms with Gasteiger partial charge in [-0.2, -0.15) is 0 Å². The molecule has 2 bridgehead atoms. The highest BCUT2D eigenvalue weighted by Crippen LogP contribution is 2.57. The van der Waals surface area contributed by atoms with Crippen molar-refractivity contribution in [2.75, 3.05) is 0 Å². The van der Waals surface area contributed by atoms with Crippen LogP contribution in [0.2, 0.25) is 5.31 Å². The zero-order valence-corrected chi connectivity index (χ0v) is 5.19. The van der Waals surface area contributed by atoms with Crippen molar-refractivity contribution in [1.29, 1.82) is 0 Å². The Morgan fingerprint density at radius 3 is 2.00 bits per heavy atom. The van der Waals surface area contributed by atoms with E-state index in [0.717, 1.165) is 5.92 Å². The summed E-state index contributed by atoms with van der Waals surface area (Å²) in [5, 5.41) is 0.310. The van der Waals surface area contributed by atoms with E-state index in [2.05, 4.69) is 0 Å². The quantitative estimate of drug-likeness (QED) is 0.413. The van der Waals surface area contributed by atoms with Gasteiger partial charge in [0.1, 0.15) is 0 Å². The van der Waals surface area contributed by atoms with Gasteiger partial charge in [0.2, 0.25) is 0 Å². The molecule has 0 unspecified atom stereocenters. The summed E-state index contributed by atoms with van der Waals surface area (Å²) in [6.07, 6.45) is 6.76. The molecule has 0 aliphatic heterocycles. The molecule has 0 aromatic rings. The van der Waals surface area contributed by atoms with Gasteiger partial charge in [0.25, 0.3) is 0 Å². The summed E-state index contributed by atoms with van der Waals surface area (Å²) in [4.78, 5) is 0. The van der Waals surface area contributed by atoms with Crippen LogP contribution in [0.15, 0.2) is 0 Å². The van der Waals surface area contributed by atoms with Crippen LogP contribution in [0.1, 0.15) is 32.1 Å². The van der Waals surface area contributed by atoms with Gasteiger partial charge in [-0.1, -0.05) is 37.4 Å². The highest BCUT2D eigenvalue weighted by molar-refractivity contribution is 6.15. The minimum absolute atomic E-state index is 0.310. The molecule has 2 radical (unpaired) electrons. The van der Waals surface area contributed by atoms with E-state index in [1.807, 2.05) is 0 Å². The second-order valence-corrected chi connectivity index (χ2v) is 3.51. The van der Waals surface area contributed by atoms with Gasteiger partial charge < -0.3 is 0 Å². The molecule has 0 amide bonds. The fourth-order valence-electron chi connectivity index (χ4n) is 2.24. The first-order chi connectivity index (χ1) is 3.79. The van der Waals surface area contributed by atoms with Crippen LogP contribution >= 0.6 is 0 Å². The van der Waals surface area contributed by atoms with Gasteiger partial charge in [0, 0.05) is 0 Å². The van der Waals surface area contributed by atoms with Crippen LogP contribution < -0.4 is 0 Å². The zero-order valence-electron chi connectivity index (χ0n) is 5.19. The molecule has 0 atom stereocenters. The summed E-state index contributed by atoms with van der Waals surface area (Å²) in [5.41, 5.74) is 0. The second kappa shape index (κ2) is 1.31. The van der Waals surface area contributed by atoms with Crippen molar-refractivity contribution >= 4 is 7.85 Å². The third-order valence-corrected chi connectivity index (χ3v) is 2.80. The van der Waals surface area contributed by atoms with Crippen LogP contribution in [0.4, 0.5) is 0 Å². The van der Waals surface area contributed by atoms with Crippen molar-refractivity contribution in [3.8, 4) is 0 Å². The lowest BCUT2D eigenvalue weighted by molar-refractivity contribution is 0.491. The van der Waals surface area contributed by atoms with Gasteiger partial charge in [-0.3, -0.25) is 0 Å². The van der Waals surface area contributed by atoms with Crippen molar-refractivity contribution in [3.63, 3.8) is 0 Å². The first-order valence-corrected chi connectivity index (χ1v) is 3.57. The summed E-state index contributed by atoms with van der Waals surface area (Å²) in [6, 6.07) is 0. The summed E-state index contributed by atoms with van der Waals surface area (Å²) in [6.45, 7) is 0. The van der Waals surface area contributed by atoms with Crippen LogP contribution in [0.5, 0.6) is 0 Å². The van der Waals surface area contributed by atoms with Gasteiger partial charge in [0.15, 0.2) is 0 Å². The van der Waals surface area contributed by atoms with Crippen molar-refractivity contribution in [3.05, 3.63) is 0 Å². The van der Waals surface area contributed by atoms with Gasteiger partial charge in [-0.05, 0) is 5.92 Å². The first-order valence-electron chi connectivity index (χ1n) is 3.57. The van der Waals surface area contributed by atoms with E-state index in [4.69, 9.17) is 7.85 Å².